The molecule has 0 aliphatic rings. The lowest BCUT2D eigenvalue weighted by molar-refractivity contribution is 0.676. The molecule has 4 heteroatoms. The summed E-state index contributed by atoms with van der Waals surface area (Å²) in [7, 11) is 0. The van der Waals surface area contributed by atoms with E-state index < -0.39 is 0 Å². The molecule has 2 nitrogen and oxygen atoms in total. The number of nitrogens with zero attached hydrogens (tertiary/aromatic N) is 1. The first kappa shape index (κ1) is 13.0. The van der Waals surface area contributed by atoms with Crippen molar-refractivity contribution in [2.45, 2.75) is 33.2 Å². The van der Waals surface area contributed by atoms with Crippen molar-refractivity contribution >= 4 is 23.1 Å². The van der Waals surface area contributed by atoms with Gasteiger partial charge in [0.15, 0.2) is 0 Å². The third-order valence-electron chi connectivity index (χ3n) is 2.07. The Morgan fingerprint density at radius 3 is 3.00 bits per heavy atom. The van der Waals surface area contributed by atoms with Gasteiger partial charge in [-0.15, -0.1) is 11.3 Å². The van der Waals surface area contributed by atoms with Crippen LogP contribution in [0.1, 0.15) is 30.2 Å². The average Bonchev–Trinajstić information content (AvgIpc) is 2.71. The van der Waals surface area contributed by atoms with E-state index in [4.69, 9.17) is 0 Å². The summed E-state index contributed by atoms with van der Waals surface area (Å²) in [5.41, 5.74) is 0. The summed E-state index contributed by atoms with van der Waals surface area (Å²) in [6.07, 6.45) is 4.35. The lowest BCUT2D eigenvalue weighted by atomic mass is 10.4. The second kappa shape index (κ2) is 8.13. The number of thiazole rings is 1. The Hall–Kier alpha value is -0.0600. The molecule has 0 spiro atoms. The highest BCUT2D eigenvalue weighted by Gasteiger charge is 1.99. The van der Waals surface area contributed by atoms with E-state index in [-0.39, 0.29) is 0 Å². The maximum absolute atomic E-state index is 4.37. The van der Waals surface area contributed by atoms with Gasteiger partial charge in [-0.25, -0.2) is 4.98 Å². The van der Waals surface area contributed by atoms with Crippen LogP contribution in [0.3, 0.4) is 0 Å². The fraction of sp³-hybridized carbons (Fsp3) is 0.727. The minimum absolute atomic E-state index is 0.932. The van der Waals surface area contributed by atoms with E-state index in [2.05, 4.69) is 24.1 Å². The fourth-order valence-electron chi connectivity index (χ4n) is 1.23. The summed E-state index contributed by atoms with van der Waals surface area (Å²) in [6.45, 7) is 6.42. The zero-order valence-corrected chi connectivity index (χ0v) is 11.2. The second-order valence-electron chi connectivity index (χ2n) is 3.30. The summed E-state index contributed by atoms with van der Waals surface area (Å²) in [4.78, 5) is 5.75. The van der Waals surface area contributed by atoms with Gasteiger partial charge in [0.1, 0.15) is 5.01 Å². The zero-order chi connectivity index (χ0) is 10.9. The van der Waals surface area contributed by atoms with Gasteiger partial charge in [0.05, 0.1) is 0 Å². The van der Waals surface area contributed by atoms with Gasteiger partial charge in [0.25, 0.3) is 0 Å². The van der Waals surface area contributed by atoms with Crippen molar-refractivity contribution < 1.29 is 0 Å². The molecule has 1 aromatic rings. The van der Waals surface area contributed by atoms with Crippen molar-refractivity contribution in [1.29, 1.82) is 0 Å². The van der Waals surface area contributed by atoms with E-state index in [0.717, 1.165) is 19.5 Å². The molecule has 0 saturated heterocycles. The normalized spacial score (nSPS) is 10.8. The molecule has 86 valence electrons. The Morgan fingerprint density at radius 1 is 1.47 bits per heavy atom. The summed E-state index contributed by atoms with van der Waals surface area (Å²) >= 11 is 3.83. The SMILES string of the molecule is CCSCCCNCc1ncc(CC)s1. The van der Waals surface area contributed by atoms with Gasteiger partial charge >= 0.3 is 0 Å². The third kappa shape index (κ3) is 5.54. The monoisotopic (exact) mass is 244 g/mol. The van der Waals surface area contributed by atoms with Gasteiger partial charge in [0, 0.05) is 17.6 Å². The Balaban J connectivity index is 2.04. The number of hydrogen-bond donors (Lipinski definition) is 1. The van der Waals surface area contributed by atoms with Crippen molar-refractivity contribution in [3.63, 3.8) is 0 Å². The van der Waals surface area contributed by atoms with Crippen molar-refractivity contribution in [2.24, 2.45) is 0 Å². The van der Waals surface area contributed by atoms with Crippen LogP contribution in [-0.2, 0) is 13.0 Å². The highest BCUT2D eigenvalue weighted by Crippen LogP contribution is 2.12. The van der Waals surface area contributed by atoms with E-state index in [1.165, 1.54) is 27.8 Å². The van der Waals surface area contributed by atoms with Crippen LogP contribution in [0.25, 0.3) is 0 Å². The first-order chi connectivity index (χ1) is 7.36. The Kier molecular flexibility index (Phi) is 7.05. The number of rotatable bonds is 8. The van der Waals surface area contributed by atoms with E-state index in [1.54, 1.807) is 0 Å². The minimum atomic E-state index is 0.932. The van der Waals surface area contributed by atoms with Gasteiger partial charge in [-0.3, -0.25) is 0 Å². The summed E-state index contributed by atoms with van der Waals surface area (Å²) in [5, 5.41) is 4.65. The Labute approximate surface area is 101 Å². The molecule has 0 amide bonds. The maximum atomic E-state index is 4.37. The second-order valence-corrected chi connectivity index (χ2v) is 5.89. The van der Waals surface area contributed by atoms with Gasteiger partial charge < -0.3 is 5.32 Å². The van der Waals surface area contributed by atoms with Crippen LogP contribution in [-0.4, -0.2) is 23.0 Å². The first-order valence-electron chi connectivity index (χ1n) is 5.58. The molecule has 1 rings (SSSR count). The summed E-state index contributed by atoms with van der Waals surface area (Å²) in [6, 6.07) is 0. The van der Waals surface area contributed by atoms with E-state index in [0.29, 0.717) is 0 Å². The van der Waals surface area contributed by atoms with Gasteiger partial charge in [-0.1, -0.05) is 13.8 Å². The molecular weight excluding hydrogens is 224 g/mol. The molecular formula is C11H20N2S2. The number of thioether (sulfide) groups is 1. The Bertz CT molecular complexity index is 261. The van der Waals surface area contributed by atoms with Crippen LogP contribution in [0, 0.1) is 0 Å². The van der Waals surface area contributed by atoms with Crippen LogP contribution in [0.15, 0.2) is 6.20 Å². The molecule has 0 radical (unpaired) electrons. The molecule has 0 fully saturated rings. The standard InChI is InChI=1S/C11H20N2S2/c1-3-10-8-13-11(15-10)9-12-6-5-7-14-4-2/h8,12H,3-7,9H2,1-2H3. The lowest BCUT2D eigenvalue weighted by Gasteiger charge is -2.01. The molecule has 0 aliphatic carbocycles. The van der Waals surface area contributed by atoms with Gasteiger partial charge in [-0.05, 0) is 30.9 Å². The molecule has 0 saturated carbocycles. The molecule has 0 atom stereocenters. The van der Waals surface area contributed by atoms with Crippen molar-refractivity contribution in [2.75, 3.05) is 18.1 Å². The molecule has 0 aliphatic heterocycles. The van der Waals surface area contributed by atoms with Crippen LogP contribution < -0.4 is 5.32 Å². The van der Waals surface area contributed by atoms with E-state index in [1.807, 2.05) is 29.3 Å². The van der Waals surface area contributed by atoms with E-state index >= 15 is 0 Å². The van der Waals surface area contributed by atoms with Crippen LogP contribution in [0.4, 0.5) is 0 Å². The highest BCUT2D eigenvalue weighted by atomic mass is 32.2. The number of hydrogen-bond acceptors (Lipinski definition) is 4. The van der Waals surface area contributed by atoms with E-state index in [9.17, 15) is 0 Å². The average molecular weight is 244 g/mol. The fourth-order valence-corrected chi connectivity index (χ4v) is 2.70. The number of aromatic nitrogens is 1. The van der Waals surface area contributed by atoms with Crippen LogP contribution >= 0.6 is 23.1 Å². The molecule has 1 N–H and O–H groups in total. The first-order valence-corrected chi connectivity index (χ1v) is 7.56. The van der Waals surface area contributed by atoms with Crippen LogP contribution in [0.5, 0.6) is 0 Å². The molecule has 1 heterocycles. The quantitative estimate of drug-likeness (QED) is 0.712. The largest absolute Gasteiger partial charge is 0.310 e. The number of nitrogens with one attached hydrogen (secondary N) is 1. The molecule has 0 aromatic carbocycles. The van der Waals surface area contributed by atoms with Crippen LogP contribution in [0.2, 0.25) is 0 Å². The molecule has 1 aromatic heterocycles. The Morgan fingerprint density at radius 2 is 2.33 bits per heavy atom. The molecule has 0 bridgehead atoms. The van der Waals surface area contributed by atoms with Gasteiger partial charge in [-0.2, -0.15) is 11.8 Å². The summed E-state index contributed by atoms with van der Waals surface area (Å²) in [5.74, 6) is 2.49. The minimum Gasteiger partial charge on any atom is -0.310 e. The maximum Gasteiger partial charge on any atom is 0.107 e. The lowest BCUT2D eigenvalue weighted by Crippen LogP contribution is -2.15. The van der Waals surface area contributed by atoms with Crippen molar-refractivity contribution in [1.82, 2.24) is 10.3 Å². The number of aryl methyl sites for hydroxylation is 1. The highest BCUT2D eigenvalue weighted by molar-refractivity contribution is 7.99. The predicted octanol–water partition coefficient (Wildman–Crippen LogP) is 2.94. The summed E-state index contributed by atoms with van der Waals surface area (Å²) < 4.78 is 0. The predicted molar refractivity (Wildman–Crippen MR) is 70.8 cm³/mol. The third-order valence-corrected chi connectivity index (χ3v) is 4.20. The smallest absolute Gasteiger partial charge is 0.107 e. The molecule has 15 heavy (non-hydrogen) atoms. The van der Waals surface area contributed by atoms with Crippen molar-refractivity contribution in [3.8, 4) is 0 Å². The molecule has 0 unspecified atom stereocenters. The zero-order valence-electron chi connectivity index (χ0n) is 9.58. The van der Waals surface area contributed by atoms with Gasteiger partial charge in [0.2, 0.25) is 0 Å². The van der Waals surface area contributed by atoms with Crippen molar-refractivity contribution in [3.05, 3.63) is 16.1 Å². The topological polar surface area (TPSA) is 24.9 Å².